The third-order valence-corrected chi connectivity index (χ3v) is 7.97. The number of hydrogen-bond acceptors (Lipinski definition) is 8. The van der Waals surface area contributed by atoms with Gasteiger partial charge in [-0.3, -0.25) is 14.3 Å². The Morgan fingerprint density at radius 1 is 0.921 bits per heavy atom. The summed E-state index contributed by atoms with van der Waals surface area (Å²) in [6.07, 6.45) is 0. The summed E-state index contributed by atoms with van der Waals surface area (Å²) < 4.78 is 39.4. The highest BCUT2D eigenvalue weighted by Gasteiger charge is 2.16. The lowest BCUT2D eigenvalue weighted by Gasteiger charge is -2.08. The number of benzene rings is 3. The molecule has 1 amide bonds. The molecule has 4 aromatic rings. The molecule has 3 aromatic carbocycles. The molecule has 1 heterocycles. The summed E-state index contributed by atoms with van der Waals surface area (Å²) in [6.45, 7) is 1.67. The first-order valence-corrected chi connectivity index (χ1v) is 13.5. The molecule has 1 aromatic heterocycles. The van der Waals surface area contributed by atoms with Gasteiger partial charge < -0.3 is 14.0 Å². The van der Waals surface area contributed by atoms with Crippen LogP contribution in [0.5, 0.6) is 0 Å². The average Bonchev–Trinajstić information content (AvgIpc) is 3.24. The Hall–Kier alpha value is -4.29. The number of ether oxygens (including phenoxy) is 2. The summed E-state index contributed by atoms with van der Waals surface area (Å²) in [6, 6.07) is 17.0. The summed E-state index contributed by atoms with van der Waals surface area (Å²) in [5.41, 5.74) is 2.32. The Kier molecular flexibility index (Phi) is 7.74. The van der Waals surface area contributed by atoms with Crippen molar-refractivity contribution in [3.05, 3.63) is 88.2 Å². The van der Waals surface area contributed by atoms with Gasteiger partial charge >= 0.3 is 11.9 Å². The topological polar surface area (TPSA) is 133 Å². The van der Waals surface area contributed by atoms with Crippen molar-refractivity contribution in [2.75, 3.05) is 18.9 Å². The van der Waals surface area contributed by atoms with Gasteiger partial charge in [0.15, 0.2) is 4.80 Å². The van der Waals surface area contributed by atoms with Crippen LogP contribution in [-0.2, 0) is 30.8 Å². The summed E-state index contributed by atoms with van der Waals surface area (Å²) in [4.78, 5) is 41.5. The van der Waals surface area contributed by atoms with E-state index in [9.17, 15) is 22.8 Å². The smallest absolute Gasteiger partial charge is 0.337 e. The van der Waals surface area contributed by atoms with Gasteiger partial charge in [-0.1, -0.05) is 29.0 Å². The first-order valence-electron chi connectivity index (χ1n) is 11.2. The van der Waals surface area contributed by atoms with Crippen LogP contribution < -0.4 is 9.52 Å². The maximum Gasteiger partial charge on any atom is 0.337 e. The third-order valence-electron chi connectivity index (χ3n) is 5.53. The lowest BCUT2D eigenvalue weighted by Crippen LogP contribution is -2.22. The Morgan fingerprint density at radius 3 is 2.21 bits per heavy atom. The molecular formula is C26H23N3O7S2. The van der Waals surface area contributed by atoms with Gasteiger partial charge in [-0.25, -0.2) is 13.2 Å². The maximum atomic E-state index is 13.0. The zero-order valence-corrected chi connectivity index (χ0v) is 22.3. The van der Waals surface area contributed by atoms with Crippen LogP contribution in [0.2, 0.25) is 0 Å². The second-order valence-corrected chi connectivity index (χ2v) is 10.8. The van der Waals surface area contributed by atoms with Crippen LogP contribution in [0.15, 0.2) is 76.6 Å². The fourth-order valence-corrected chi connectivity index (χ4v) is 5.64. The van der Waals surface area contributed by atoms with E-state index in [0.717, 1.165) is 16.9 Å². The normalized spacial score (nSPS) is 11.8. The lowest BCUT2D eigenvalue weighted by atomic mass is 10.2. The minimum atomic E-state index is -3.79. The van der Waals surface area contributed by atoms with Crippen molar-refractivity contribution in [1.29, 1.82) is 0 Å². The molecule has 0 aliphatic carbocycles. The number of nitrogens with zero attached hydrogens (tertiary/aromatic N) is 2. The molecule has 0 aliphatic rings. The van der Waals surface area contributed by atoms with Crippen LogP contribution in [0.25, 0.3) is 10.2 Å². The van der Waals surface area contributed by atoms with Crippen LogP contribution in [-0.4, -0.2) is 45.1 Å². The molecule has 196 valence electrons. The molecule has 10 nitrogen and oxygen atoms in total. The fourth-order valence-electron chi connectivity index (χ4n) is 3.51. The number of hydrogen-bond donors (Lipinski definition) is 1. The van der Waals surface area contributed by atoms with Gasteiger partial charge in [-0.05, 0) is 61.5 Å². The highest BCUT2D eigenvalue weighted by Crippen LogP contribution is 2.21. The number of anilines is 1. The zero-order valence-electron chi connectivity index (χ0n) is 20.6. The van der Waals surface area contributed by atoms with E-state index in [4.69, 9.17) is 9.47 Å². The van der Waals surface area contributed by atoms with E-state index < -0.39 is 27.9 Å². The molecule has 0 atom stereocenters. The molecule has 0 radical (unpaired) electrons. The van der Waals surface area contributed by atoms with Crippen LogP contribution in [0, 0.1) is 6.92 Å². The van der Waals surface area contributed by atoms with Crippen molar-refractivity contribution in [3.63, 3.8) is 0 Å². The molecule has 0 fully saturated rings. The zero-order chi connectivity index (χ0) is 27.4. The van der Waals surface area contributed by atoms with Gasteiger partial charge in [-0.2, -0.15) is 4.99 Å². The largest absolute Gasteiger partial charge is 0.468 e. The second kappa shape index (κ2) is 11.0. The van der Waals surface area contributed by atoms with Crippen LogP contribution in [0.3, 0.4) is 0 Å². The minimum absolute atomic E-state index is 0.119. The van der Waals surface area contributed by atoms with E-state index in [1.807, 2.05) is 6.92 Å². The molecule has 0 bridgehead atoms. The van der Waals surface area contributed by atoms with Crippen molar-refractivity contribution >= 4 is 55.1 Å². The Morgan fingerprint density at radius 2 is 1.58 bits per heavy atom. The molecule has 38 heavy (non-hydrogen) atoms. The fraction of sp³-hybridized carbons (Fsp3) is 0.154. The van der Waals surface area contributed by atoms with E-state index in [-0.39, 0.29) is 27.5 Å². The first kappa shape index (κ1) is 26.8. The number of amides is 1. The highest BCUT2D eigenvalue weighted by atomic mass is 32.2. The molecular weight excluding hydrogens is 530 g/mol. The molecule has 0 unspecified atom stereocenters. The Labute approximate surface area is 222 Å². The van der Waals surface area contributed by atoms with Gasteiger partial charge in [0.05, 0.1) is 34.9 Å². The van der Waals surface area contributed by atoms with Gasteiger partial charge in [0.1, 0.15) is 6.54 Å². The van der Waals surface area contributed by atoms with Crippen molar-refractivity contribution in [3.8, 4) is 0 Å². The van der Waals surface area contributed by atoms with Gasteiger partial charge in [0.2, 0.25) is 0 Å². The number of nitrogens with one attached hydrogen (secondary N) is 1. The van der Waals surface area contributed by atoms with Crippen molar-refractivity contribution < 1.29 is 32.3 Å². The summed E-state index contributed by atoms with van der Waals surface area (Å²) >= 11 is 1.12. The number of aromatic nitrogens is 1. The summed E-state index contributed by atoms with van der Waals surface area (Å²) in [7, 11) is -1.27. The predicted octanol–water partition coefficient (Wildman–Crippen LogP) is 3.51. The first-order chi connectivity index (χ1) is 18.1. The average molecular weight is 554 g/mol. The molecule has 1 N–H and O–H groups in total. The van der Waals surface area contributed by atoms with E-state index in [2.05, 4.69) is 9.71 Å². The standard InChI is InChI=1S/C26H23N3O7S2/c1-16-4-11-20(12-5-16)38(33,34)28-19-9-6-17(7-10-19)24(31)27-26-29(15-23(30)35-2)21-13-8-18(25(32)36-3)14-22(21)37-26/h4-14,28H,15H2,1-3H3. The lowest BCUT2D eigenvalue weighted by molar-refractivity contribution is -0.141. The summed E-state index contributed by atoms with van der Waals surface area (Å²) in [5.74, 6) is -1.66. The number of thiazole rings is 1. The number of esters is 2. The van der Waals surface area contributed by atoms with Crippen molar-refractivity contribution in [1.82, 2.24) is 4.57 Å². The number of methoxy groups -OCH3 is 2. The van der Waals surface area contributed by atoms with Crippen LogP contribution >= 0.6 is 11.3 Å². The van der Waals surface area contributed by atoms with Crippen LogP contribution in [0.1, 0.15) is 26.3 Å². The number of aryl methyl sites for hydroxylation is 1. The van der Waals surface area contributed by atoms with E-state index in [0.29, 0.717) is 15.8 Å². The molecule has 4 rings (SSSR count). The van der Waals surface area contributed by atoms with Crippen LogP contribution in [0.4, 0.5) is 5.69 Å². The second-order valence-electron chi connectivity index (χ2n) is 8.13. The molecule has 0 aliphatic heterocycles. The van der Waals surface area contributed by atoms with Gasteiger partial charge in [0, 0.05) is 11.3 Å². The van der Waals surface area contributed by atoms with E-state index in [1.54, 1.807) is 30.3 Å². The SMILES string of the molecule is COC(=O)Cn1c(=NC(=O)c2ccc(NS(=O)(=O)c3ccc(C)cc3)cc2)sc2cc(C(=O)OC)ccc21. The summed E-state index contributed by atoms with van der Waals surface area (Å²) in [5, 5.41) is 0. The number of fused-ring (bicyclic) bond motifs is 1. The van der Waals surface area contributed by atoms with Crippen molar-refractivity contribution in [2.24, 2.45) is 4.99 Å². The van der Waals surface area contributed by atoms with Gasteiger partial charge in [0.25, 0.3) is 15.9 Å². The van der Waals surface area contributed by atoms with E-state index in [1.165, 1.54) is 55.2 Å². The number of carbonyl (C=O) groups excluding carboxylic acids is 3. The minimum Gasteiger partial charge on any atom is -0.468 e. The van der Waals surface area contributed by atoms with Crippen molar-refractivity contribution in [2.45, 2.75) is 18.4 Å². The molecule has 0 saturated carbocycles. The molecule has 0 saturated heterocycles. The number of rotatable bonds is 7. The Bertz CT molecular complexity index is 1700. The van der Waals surface area contributed by atoms with E-state index >= 15 is 0 Å². The number of carbonyl (C=O) groups is 3. The van der Waals surface area contributed by atoms with Gasteiger partial charge in [-0.15, -0.1) is 0 Å². The number of sulfonamides is 1. The molecule has 0 spiro atoms. The monoisotopic (exact) mass is 553 g/mol. The maximum absolute atomic E-state index is 13.0. The predicted molar refractivity (Wildman–Crippen MR) is 141 cm³/mol. The third kappa shape index (κ3) is 5.82. The quantitative estimate of drug-likeness (QED) is 0.346. The molecule has 12 heteroatoms. The highest BCUT2D eigenvalue weighted by molar-refractivity contribution is 7.92. The Balaban J connectivity index is 1.64.